The van der Waals surface area contributed by atoms with Gasteiger partial charge in [0.1, 0.15) is 22.8 Å². The van der Waals surface area contributed by atoms with Crippen LogP contribution >= 0.6 is 0 Å². The number of phenols is 1. The van der Waals surface area contributed by atoms with Crippen molar-refractivity contribution < 1.29 is 34.6 Å². The minimum absolute atomic E-state index is 0.0725. The number of aliphatic hydroxyl groups is 2. The number of ether oxygens (including phenoxy) is 1. The molecule has 0 aliphatic heterocycles. The highest BCUT2D eigenvalue weighted by Crippen LogP contribution is 2.36. The molecule has 0 saturated carbocycles. The summed E-state index contributed by atoms with van der Waals surface area (Å²) in [6.45, 7) is 5.84. The molecule has 0 unspecified atom stereocenters. The lowest BCUT2D eigenvalue weighted by molar-refractivity contribution is -0.149. The first-order chi connectivity index (χ1) is 16.0. The zero-order valence-corrected chi connectivity index (χ0v) is 19.2. The molecule has 0 atom stereocenters. The summed E-state index contributed by atoms with van der Waals surface area (Å²) < 4.78 is 5.93. The van der Waals surface area contributed by atoms with E-state index in [0.29, 0.717) is 23.5 Å². The number of carbonyl (C=O) groups is 1. The quantitative estimate of drug-likeness (QED) is 0.328. The van der Waals surface area contributed by atoms with Gasteiger partial charge in [-0.25, -0.2) is 9.68 Å². The highest BCUT2D eigenvalue weighted by atomic mass is 17.2. The van der Waals surface area contributed by atoms with Gasteiger partial charge in [0, 0.05) is 18.8 Å². The van der Waals surface area contributed by atoms with Crippen LogP contribution in [0.1, 0.15) is 43.1 Å². The summed E-state index contributed by atoms with van der Waals surface area (Å²) in [4.78, 5) is 22.6. The average molecular weight is 457 g/mol. The van der Waals surface area contributed by atoms with Crippen LogP contribution in [-0.2, 0) is 11.3 Å². The van der Waals surface area contributed by atoms with E-state index >= 15 is 0 Å². The molecule has 3 N–H and O–H groups in total. The van der Waals surface area contributed by atoms with Gasteiger partial charge >= 0.3 is 5.97 Å². The molecular weight excluding hydrogens is 424 g/mol. The Labute approximate surface area is 194 Å². The second-order valence-electron chi connectivity index (χ2n) is 6.50. The van der Waals surface area contributed by atoms with Crippen LogP contribution in [0.25, 0.3) is 0 Å². The number of carbonyl (C=O) groups excluding carboxylic acids is 1. The molecule has 0 saturated heterocycles. The molecule has 178 valence electrons. The molecule has 0 heterocycles. The van der Waals surface area contributed by atoms with Gasteiger partial charge in [-0.3, -0.25) is 4.89 Å². The molecule has 0 fully saturated rings. The van der Waals surface area contributed by atoms with Crippen molar-refractivity contribution in [2.24, 2.45) is 0 Å². The minimum atomic E-state index is -0.706. The van der Waals surface area contributed by atoms with Crippen molar-refractivity contribution in [3.63, 3.8) is 0 Å². The van der Waals surface area contributed by atoms with Crippen LogP contribution in [0.5, 0.6) is 23.0 Å². The SMILES string of the molecule is CCCc1c(O)ccc(C(=O)OOc2ccccc2)c1Oc1ccccc1.CCO.CCO. The zero-order valence-electron chi connectivity index (χ0n) is 19.2. The number of aromatic hydroxyl groups is 1. The van der Waals surface area contributed by atoms with Crippen LogP contribution in [0.15, 0.2) is 72.8 Å². The fourth-order valence-electron chi connectivity index (χ4n) is 2.60. The first-order valence-electron chi connectivity index (χ1n) is 10.8. The maximum Gasteiger partial charge on any atom is 0.389 e. The Morgan fingerprint density at radius 1 is 0.788 bits per heavy atom. The van der Waals surface area contributed by atoms with Gasteiger partial charge in [-0.1, -0.05) is 49.7 Å². The predicted octanol–water partition coefficient (Wildman–Crippen LogP) is 5.29. The van der Waals surface area contributed by atoms with E-state index in [9.17, 15) is 9.90 Å². The van der Waals surface area contributed by atoms with Crippen molar-refractivity contribution in [3.8, 4) is 23.0 Å². The van der Waals surface area contributed by atoms with Gasteiger partial charge in [0.15, 0.2) is 5.75 Å². The number of para-hydroxylation sites is 2. The lowest BCUT2D eigenvalue weighted by Gasteiger charge is -2.16. The van der Waals surface area contributed by atoms with E-state index in [4.69, 9.17) is 24.7 Å². The monoisotopic (exact) mass is 456 g/mol. The fraction of sp³-hybridized carbons (Fsp3) is 0.269. The van der Waals surface area contributed by atoms with Crippen molar-refractivity contribution in [3.05, 3.63) is 83.9 Å². The molecule has 0 spiro atoms. The number of aliphatic hydroxyl groups excluding tert-OH is 2. The Bertz CT molecular complexity index is 926. The van der Waals surface area contributed by atoms with E-state index < -0.39 is 5.97 Å². The molecule has 0 aliphatic rings. The molecule has 7 heteroatoms. The molecule has 3 rings (SSSR count). The first-order valence-corrected chi connectivity index (χ1v) is 10.8. The lowest BCUT2D eigenvalue weighted by Crippen LogP contribution is -2.11. The third-order valence-electron chi connectivity index (χ3n) is 3.88. The van der Waals surface area contributed by atoms with Gasteiger partial charge in [0.25, 0.3) is 0 Å². The van der Waals surface area contributed by atoms with Gasteiger partial charge in [0.2, 0.25) is 0 Å². The highest BCUT2D eigenvalue weighted by Gasteiger charge is 2.22. The normalized spacial score (nSPS) is 9.48. The fourth-order valence-corrected chi connectivity index (χ4v) is 2.60. The number of hydrogen-bond acceptors (Lipinski definition) is 7. The van der Waals surface area contributed by atoms with Gasteiger partial charge in [-0.2, -0.15) is 0 Å². The Morgan fingerprint density at radius 2 is 1.30 bits per heavy atom. The third kappa shape index (κ3) is 9.64. The summed E-state index contributed by atoms with van der Waals surface area (Å²) >= 11 is 0. The summed E-state index contributed by atoms with van der Waals surface area (Å²) in [5, 5.41) is 25.4. The molecule has 7 nitrogen and oxygen atoms in total. The van der Waals surface area contributed by atoms with Gasteiger partial charge in [-0.05, 0) is 56.7 Å². The molecule has 33 heavy (non-hydrogen) atoms. The first kappa shape index (κ1) is 27.5. The van der Waals surface area contributed by atoms with Crippen LogP contribution in [-0.4, -0.2) is 34.5 Å². The molecule has 0 aromatic heterocycles. The molecule has 3 aromatic rings. The van der Waals surface area contributed by atoms with Crippen LogP contribution in [0.3, 0.4) is 0 Å². The molecule has 0 amide bonds. The van der Waals surface area contributed by atoms with Crippen molar-refractivity contribution in [1.82, 2.24) is 0 Å². The Balaban J connectivity index is 0.000000819. The summed E-state index contributed by atoms with van der Waals surface area (Å²) in [6, 6.07) is 20.7. The zero-order chi connectivity index (χ0) is 24.5. The summed E-state index contributed by atoms with van der Waals surface area (Å²) in [6.07, 6.45) is 1.33. The van der Waals surface area contributed by atoms with Crippen LogP contribution in [0, 0.1) is 0 Å². The number of hydrogen-bond donors (Lipinski definition) is 3. The van der Waals surface area contributed by atoms with Crippen LogP contribution < -0.4 is 9.62 Å². The summed E-state index contributed by atoms with van der Waals surface area (Å²) in [5.74, 6) is 0.595. The number of rotatable bonds is 7. The van der Waals surface area contributed by atoms with E-state index in [-0.39, 0.29) is 30.3 Å². The summed E-state index contributed by atoms with van der Waals surface area (Å²) in [5.41, 5.74) is 0.728. The van der Waals surface area contributed by atoms with Crippen molar-refractivity contribution in [2.45, 2.75) is 33.6 Å². The molecule has 0 bridgehead atoms. The van der Waals surface area contributed by atoms with Gasteiger partial charge in [-0.15, -0.1) is 0 Å². The number of benzene rings is 3. The Hall–Kier alpha value is -3.55. The average Bonchev–Trinajstić information content (AvgIpc) is 2.82. The van der Waals surface area contributed by atoms with E-state index in [1.165, 1.54) is 12.1 Å². The second-order valence-corrected chi connectivity index (χ2v) is 6.50. The van der Waals surface area contributed by atoms with Crippen LogP contribution in [0.2, 0.25) is 0 Å². The minimum Gasteiger partial charge on any atom is -0.508 e. The van der Waals surface area contributed by atoms with Crippen molar-refractivity contribution >= 4 is 5.97 Å². The number of phenolic OH excluding ortho intramolecular Hbond substituents is 1. The maximum absolute atomic E-state index is 12.6. The standard InChI is InChI=1S/C22H20O5.2C2H6O/c1-2-9-18-20(23)15-14-19(21(18)25-16-10-5-3-6-11-16)22(24)27-26-17-12-7-4-8-13-17;2*1-2-3/h3-8,10-15,23H,2,9H2,1H3;2*3H,2H2,1H3. The predicted molar refractivity (Wildman–Crippen MR) is 127 cm³/mol. The highest BCUT2D eigenvalue weighted by molar-refractivity contribution is 5.93. The molecule has 0 aliphatic carbocycles. The summed E-state index contributed by atoms with van der Waals surface area (Å²) in [7, 11) is 0. The van der Waals surface area contributed by atoms with E-state index in [1.807, 2.05) is 31.2 Å². The van der Waals surface area contributed by atoms with E-state index in [1.54, 1.807) is 50.2 Å². The van der Waals surface area contributed by atoms with Crippen LogP contribution in [0.4, 0.5) is 0 Å². The lowest BCUT2D eigenvalue weighted by atomic mass is 10.0. The van der Waals surface area contributed by atoms with Gasteiger partial charge in [0.05, 0.1) is 0 Å². The van der Waals surface area contributed by atoms with Crippen molar-refractivity contribution in [1.29, 1.82) is 0 Å². The van der Waals surface area contributed by atoms with Crippen molar-refractivity contribution in [2.75, 3.05) is 13.2 Å². The van der Waals surface area contributed by atoms with Gasteiger partial charge < -0.3 is 20.1 Å². The van der Waals surface area contributed by atoms with E-state index in [0.717, 1.165) is 6.42 Å². The smallest absolute Gasteiger partial charge is 0.389 e. The largest absolute Gasteiger partial charge is 0.508 e. The second kappa shape index (κ2) is 16.1. The molecule has 0 radical (unpaired) electrons. The topological polar surface area (TPSA) is 105 Å². The molecule has 3 aromatic carbocycles. The third-order valence-corrected chi connectivity index (χ3v) is 3.88. The Morgan fingerprint density at radius 3 is 1.82 bits per heavy atom. The Kier molecular flexibility index (Phi) is 13.4. The maximum atomic E-state index is 12.6. The van der Waals surface area contributed by atoms with E-state index in [2.05, 4.69) is 0 Å². The molecular formula is C26H32O7.